The Morgan fingerprint density at radius 2 is 2.19 bits per heavy atom. The summed E-state index contributed by atoms with van der Waals surface area (Å²) in [7, 11) is 0. The normalized spacial score (nSPS) is 16.8. The number of piperazine rings is 1. The number of hydrogen-bond acceptors (Lipinski definition) is 7. The molecule has 0 aliphatic carbocycles. The van der Waals surface area contributed by atoms with E-state index >= 15 is 0 Å². The van der Waals surface area contributed by atoms with Gasteiger partial charge in [0.05, 0.1) is 0 Å². The third-order valence-corrected chi connectivity index (χ3v) is 5.92. The molecule has 1 N–H and O–H groups in total. The number of ether oxygens (including phenoxy) is 1. The van der Waals surface area contributed by atoms with Crippen LogP contribution < -0.4 is 5.32 Å². The number of aromatic nitrogens is 2. The van der Waals surface area contributed by atoms with Crippen molar-refractivity contribution < 1.29 is 9.53 Å². The zero-order valence-corrected chi connectivity index (χ0v) is 17.0. The van der Waals surface area contributed by atoms with Crippen LogP contribution in [0.1, 0.15) is 17.0 Å². The van der Waals surface area contributed by atoms with Gasteiger partial charge in [-0.1, -0.05) is 53.4 Å². The second-order valence-corrected chi connectivity index (χ2v) is 8.39. The van der Waals surface area contributed by atoms with Crippen molar-refractivity contribution in [3.05, 3.63) is 40.9 Å². The van der Waals surface area contributed by atoms with Crippen molar-refractivity contribution in [3.63, 3.8) is 0 Å². The summed E-state index contributed by atoms with van der Waals surface area (Å²) in [4.78, 5) is 14.1. The minimum absolute atomic E-state index is 0. The predicted molar refractivity (Wildman–Crippen MR) is 107 cm³/mol. The van der Waals surface area contributed by atoms with Crippen molar-refractivity contribution in [1.82, 2.24) is 20.4 Å². The van der Waals surface area contributed by atoms with Crippen molar-refractivity contribution in [3.8, 4) is 0 Å². The van der Waals surface area contributed by atoms with Gasteiger partial charge in [0.25, 0.3) is 0 Å². The van der Waals surface area contributed by atoms with Crippen LogP contribution in [0.25, 0.3) is 0 Å². The lowest BCUT2D eigenvalue weighted by Crippen LogP contribution is -2.52. The third-order valence-electron chi connectivity index (χ3n) is 3.92. The van der Waals surface area contributed by atoms with Crippen molar-refractivity contribution in [2.24, 2.45) is 0 Å². The SMILES string of the molecule is Cc1nnc(SCC[C@@H]2CN(C(=O)OCc3ccccc3)CCN2)s1.Cl. The van der Waals surface area contributed by atoms with E-state index in [2.05, 4.69) is 15.5 Å². The number of amides is 1. The summed E-state index contributed by atoms with van der Waals surface area (Å²) >= 11 is 3.34. The first kappa shape index (κ1) is 21.0. The van der Waals surface area contributed by atoms with Crippen molar-refractivity contribution in [1.29, 1.82) is 0 Å². The fourth-order valence-electron chi connectivity index (χ4n) is 2.62. The van der Waals surface area contributed by atoms with E-state index in [9.17, 15) is 4.79 Å². The zero-order chi connectivity index (χ0) is 17.5. The Bertz CT molecular complexity index is 686. The van der Waals surface area contributed by atoms with Crippen molar-refractivity contribution in [2.45, 2.75) is 30.3 Å². The lowest BCUT2D eigenvalue weighted by molar-refractivity contribution is 0.0847. The number of thioether (sulfide) groups is 1. The van der Waals surface area contributed by atoms with Gasteiger partial charge in [-0.25, -0.2) is 4.79 Å². The van der Waals surface area contributed by atoms with Gasteiger partial charge in [0.1, 0.15) is 11.6 Å². The summed E-state index contributed by atoms with van der Waals surface area (Å²) in [6.45, 7) is 4.45. The van der Waals surface area contributed by atoms with Gasteiger partial charge in [0.2, 0.25) is 0 Å². The highest BCUT2D eigenvalue weighted by Gasteiger charge is 2.24. The fraction of sp³-hybridized carbons (Fsp3) is 0.471. The van der Waals surface area contributed by atoms with E-state index in [1.807, 2.05) is 37.3 Å². The summed E-state index contributed by atoms with van der Waals surface area (Å²) in [6.07, 6.45) is 0.744. The molecule has 9 heteroatoms. The van der Waals surface area contributed by atoms with Crippen LogP contribution in [0, 0.1) is 6.92 Å². The number of hydrogen-bond donors (Lipinski definition) is 1. The van der Waals surface area contributed by atoms with Crippen LogP contribution in [0.15, 0.2) is 34.7 Å². The number of carbonyl (C=O) groups is 1. The maximum atomic E-state index is 12.3. The van der Waals surface area contributed by atoms with Crippen LogP contribution >= 0.6 is 35.5 Å². The molecule has 2 heterocycles. The monoisotopic (exact) mass is 414 g/mol. The molecule has 0 bridgehead atoms. The Kier molecular flexibility index (Phi) is 8.64. The summed E-state index contributed by atoms with van der Waals surface area (Å²) in [5.74, 6) is 0.958. The van der Waals surface area contributed by atoms with Crippen molar-refractivity contribution in [2.75, 3.05) is 25.4 Å². The molecule has 0 saturated carbocycles. The highest BCUT2D eigenvalue weighted by molar-refractivity contribution is 8.01. The van der Waals surface area contributed by atoms with E-state index in [0.717, 1.165) is 33.6 Å². The summed E-state index contributed by atoms with van der Waals surface area (Å²) in [6, 6.07) is 10.1. The average molecular weight is 415 g/mol. The number of nitrogens with zero attached hydrogens (tertiary/aromatic N) is 3. The molecule has 142 valence electrons. The Morgan fingerprint density at radius 3 is 2.92 bits per heavy atom. The number of aryl methyl sites for hydroxylation is 1. The summed E-state index contributed by atoms with van der Waals surface area (Å²) in [5, 5.41) is 12.6. The van der Waals surface area contributed by atoms with Gasteiger partial charge in [-0.2, -0.15) is 0 Å². The average Bonchev–Trinajstić information content (AvgIpc) is 3.06. The molecule has 6 nitrogen and oxygen atoms in total. The van der Waals surface area contributed by atoms with E-state index in [1.54, 1.807) is 28.0 Å². The molecule has 1 aromatic carbocycles. The van der Waals surface area contributed by atoms with Crippen molar-refractivity contribution >= 4 is 41.6 Å². The molecule has 1 saturated heterocycles. The molecule has 0 unspecified atom stereocenters. The largest absolute Gasteiger partial charge is 0.445 e. The number of halogens is 1. The van der Waals surface area contributed by atoms with Gasteiger partial charge in [-0.05, 0) is 18.9 Å². The van der Waals surface area contributed by atoms with Crippen LogP contribution in [0.3, 0.4) is 0 Å². The van der Waals surface area contributed by atoms with E-state index in [1.165, 1.54) is 0 Å². The first-order valence-electron chi connectivity index (χ1n) is 8.32. The fourth-order valence-corrected chi connectivity index (χ4v) is 4.56. The molecule has 1 amide bonds. The Morgan fingerprint density at radius 1 is 1.38 bits per heavy atom. The molecule has 2 aromatic rings. The molecule has 26 heavy (non-hydrogen) atoms. The smallest absolute Gasteiger partial charge is 0.410 e. The quantitative estimate of drug-likeness (QED) is 0.731. The second kappa shape index (κ2) is 10.7. The summed E-state index contributed by atoms with van der Waals surface area (Å²) in [5.41, 5.74) is 1.01. The van der Waals surface area contributed by atoms with E-state index in [-0.39, 0.29) is 18.5 Å². The maximum Gasteiger partial charge on any atom is 0.410 e. The third kappa shape index (κ3) is 6.42. The van der Waals surface area contributed by atoms with Gasteiger partial charge in [-0.3, -0.25) is 0 Å². The molecule has 1 atom stereocenters. The minimum atomic E-state index is -0.234. The standard InChI is InChI=1S/C17H22N4O2S2.ClH/c1-13-19-20-16(25-13)24-10-7-15-11-21(9-8-18-15)17(22)23-12-14-5-3-2-4-6-14;/h2-6,15,18H,7-12H2,1H3;1H/t15-;/m1./s1. The number of nitrogens with one attached hydrogen (secondary N) is 1. The molecule has 1 aliphatic heterocycles. The second-order valence-electron chi connectivity index (χ2n) is 5.86. The van der Waals surface area contributed by atoms with Gasteiger partial charge >= 0.3 is 6.09 Å². The molecule has 3 rings (SSSR count). The highest BCUT2D eigenvalue weighted by Crippen LogP contribution is 2.23. The summed E-state index contributed by atoms with van der Waals surface area (Å²) < 4.78 is 6.44. The molecular formula is C17H23ClN4O2S2. The number of benzene rings is 1. The lowest BCUT2D eigenvalue weighted by atomic mass is 10.2. The van der Waals surface area contributed by atoms with E-state index < -0.39 is 0 Å². The van der Waals surface area contributed by atoms with Crippen LogP contribution in [0.4, 0.5) is 4.79 Å². The molecule has 1 fully saturated rings. The first-order chi connectivity index (χ1) is 12.2. The van der Waals surface area contributed by atoms with Crippen LogP contribution in [0.5, 0.6) is 0 Å². The van der Waals surface area contributed by atoms with Gasteiger partial charge in [0, 0.05) is 31.4 Å². The van der Waals surface area contributed by atoms with Crippen LogP contribution in [-0.4, -0.2) is 52.6 Å². The maximum absolute atomic E-state index is 12.3. The number of rotatable bonds is 6. The zero-order valence-electron chi connectivity index (χ0n) is 14.6. The first-order valence-corrected chi connectivity index (χ1v) is 10.1. The van der Waals surface area contributed by atoms with Gasteiger partial charge in [0.15, 0.2) is 4.34 Å². The van der Waals surface area contributed by atoms with Gasteiger partial charge < -0.3 is 15.0 Å². The Labute approximate surface area is 168 Å². The Hall–Kier alpha value is -1.35. The Balaban J connectivity index is 0.00000243. The highest BCUT2D eigenvalue weighted by atomic mass is 35.5. The molecule has 1 aromatic heterocycles. The molecule has 0 radical (unpaired) electrons. The van der Waals surface area contributed by atoms with E-state index in [0.29, 0.717) is 25.7 Å². The molecule has 0 spiro atoms. The topological polar surface area (TPSA) is 67.4 Å². The molecule has 1 aliphatic rings. The van der Waals surface area contributed by atoms with E-state index in [4.69, 9.17) is 4.74 Å². The predicted octanol–water partition coefficient (Wildman–Crippen LogP) is 3.36. The minimum Gasteiger partial charge on any atom is -0.445 e. The molecular weight excluding hydrogens is 392 g/mol. The van der Waals surface area contributed by atoms with Crippen LogP contribution in [-0.2, 0) is 11.3 Å². The lowest BCUT2D eigenvalue weighted by Gasteiger charge is -2.33. The van der Waals surface area contributed by atoms with Gasteiger partial charge in [-0.15, -0.1) is 22.6 Å². The number of carbonyl (C=O) groups excluding carboxylic acids is 1. The van der Waals surface area contributed by atoms with Crippen LogP contribution in [0.2, 0.25) is 0 Å².